The second-order valence-corrected chi connectivity index (χ2v) is 9.79. The number of amides is 1. The van der Waals surface area contributed by atoms with Crippen LogP contribution in [0.1, 0.15) is 32.3 Å². The van der Waals surface area contributed by atoms with Gasteiger partial charge in [0.1, 0.15) is 5.60 Å². The molecule has 0 aliphatic carbocycles. The number of rotatable bonds is 4. The van der Waals surface area contributed by atoms with Crippen LogP contribution in [0.15, 0.2) is 48.0 Å². The third kappa shape index (κ3) is 3.82. The summed E-state index contributed by atoms with van der Waals surface area (Å²) < 4.78 is 7.04. The number of nitrogens with zero attached hydrogens (tertiary/aromatic N) is 2. The predicted molar refractivity (Wildman–Crippen MR) is 121 cm³/mol. The van der Waals surface area contributed by atoms with Gasteiger partial charge < -0.3 is 15.0 Å². The summed E-state index contributed by atoms with van der Waals surface area (Å²) in [5.41, 5.74) is 5.49. The summed E-state index contributed by atoms with van der Waals surface area (Å²) in [7, 11) is 0. The van der Waals surface area contributed by atoms with E-state index < -0.39 is 5.60 Å². The molecular formula is C24H27N3O2S. The van der Waals surface area contributed by atoms with Crippen LogP contribution in [-0.2, 0) is 10.3 Å². The second kappa shape index (κ2) is 7.67. The number of benzene rings is 2. The molecule has 2 bridgehead atoms. The van der Waals surface area contributed by atoms with Crippen molar-refractivity contribution in [1.82, 2.24) is 15.2 Å². The van der Waals surface area contributed by atoms with Crippen LogP contribution in [0.4, 0.5) is 4.79 Å². The third-order valence-corrected chi connectivity index (χ3v) is 7.34. The van der Waals surface area contributed by atoms with Crippen molar-refractivity contribution < 1.29 is 9.53 Å². The van der Waals surface area contributed by atoms with Crippen LogP contribution in [0.25, 0.3) is 21.3 Å². The molecule has 3 fully saturated rings. The summed E-state index contributed by atoms with van der Waals surface area (Å²) in [6.45, 7) is 7.15. The number of aromatic nitrogens is 1. The highest BCUT2D eigenvalue weighted by molar-refractivity contribution is 7.16. The van der Waals surface area contributed by atoms with Gasteiger partial charge in [0.2, 0.25) is 0 Å². The Labute approximate surface area is 181 Å². The number of thiazole rings is 1. The van der Waals surface area contributed by atoms with Crippen molar-refractivity contribution in [2.24, 2.45) is 5.92 Å². The average molecular weight is 422 g/mol. The molecule has 3 aromatic rings. The van der Waals surface area contributed by atoms with Crippen LogP contribution in [-0.4, -0.2) is 41.7 Å². The molecule has 0 radical (unpaired) electrons. The van der Waals surface area contributed by atoms with E-state index in [1.807, 2.05) is 31.5 Å². The molecule has 30 heavy (non-hydrogen) atoms. The number of nitrogens with one attached hydrogen (secondary N) is 1. The summed E-state index contributed by atoms with van der Waals surface area (Å²) in [5, 5.41) is 3.12. The zero-order valence-corrected chi connectivity index (χ0v) is 18.2. The first-order valence-electron chi connectivity index (χ1n) is 10.6. The molecule has 2 aromatic carbocycles. The van der Waals surface area contributed by atoms with E-state index in [1.165, 1.54) is 17.5 Å². The minimum Gasteiger partial charge on any atom is -0.439 e. The maximum atomic E-state index is 12.6. The number of alkyl carbamates (subject to hydrolysis) is 1. The highest BCUT2D eigenvalue weighted by Crippen LogP contribution is 2.31. The number of hydrogen-bond donors (Lipinski definition) is 1. The van der Waals surface area contributed by atoms with E-state index in [2.05, 4.69) is 45.5 Å². The van der Waals surface area contributed by atoms with E-state index in [0.29, 0.717) is 5.92 Å². The van der Waals surface area contributed by atoms with E-state index in [-0.39, 0.29) is 12.1 Å². The molecular weight excluding hydrogens is 394 g/mol. The van der Waals surface area contributed by atoms with Crippen LogP contribution >= 0.6 is 11.3 Å². The van der Waals surface area contributed by atoms with Crippen molar-refractivity contribution in [2.45, 2.75) is 38.3 Å². The van der Waals surface area contributed by atoms with Gasteiger partial charge in [-0.15, -0.1) is 11.3 Å². The topological polar surface area (TPSA) is 54.5 Å². The Morgan fingerprint density at radius 3 is 2.57 bits per heavy atom. The van der Waals surface area contributed by atoms with E-state index >= 15 is 0 Å². The number of hydrogen-bond acceptors (Lipinski definition) is 5. The van der Waals surface area contributed by atoms with Crippen LogP contribution in [0.2, 0.25) is 0 Å². The van der Waals surface area contributed by atoms with Gasteiger partial charge in [0.25, 0.3) is 0 Å². The molecule has 1 unspecified atom stereocenters. The Hall–Kier alpha value is -2.44. The van der Waals surface area contributed by atoms with Gasteiger partial charge in [-0.1, -0.05) is 30.3 Å². The molecule has 1 N–H and O–H groups in total. The minimum absolute atomic E-state index is 0.208. The molecule has 1 aromatic heterocycles. The standard InChI is InChI=1S/C24H27N3O2S/c1-24(2,29-23(28)26-21-14-27-11-9-17(21)10-12-27)19-6-3-16(4-7-19)18-5-8-20-22(13-18)30-15-25-20/h3-8,13,15,17,21H,9-12,14H2,1-2H3,(H,26,28). The Balaban J connectivity index is 1.26. The smallest absolute Gasteiger partial charge is 0.408 e. The summed E-state index contributed by atoms with van der Waals surface area (Å²) in [4.78, 5) is 19.4. The molecule has 5 nitrogen and oxygen atoms in total. The Bertz CT molecular complexity index is 1050. The fourth-order valence-electron chi connectivity index (χ4n) is 4.70. The molecule has 1 atom stereocenters. The van der Waals surface area contributed by atoms with E-state index in [0.717, 1.165) is 41.8 Å². The van der Waals surface area contributed by atoms with Gasteiger partial charge in [-0.25, -0.2) is 9.78 Å². The summed E-state index contributed by atoms with van der Waals surface area (Å²) in [6, 6.07) is 14.8. The third-order valence-electron chi connectivity index (χ3n) is 6.55. The lowest BCUT2D eigenvalue weighted by molar-refractivity contribution is 0.0205. The fourth-order valence-corrected chi connectivity index (χ4v) is 5.42. The zero-order valence-electron chi connectivity index (χ0n) is 17.4. The van der Waals surface area contributed by atoms with E-state index in [9.17, 15) is 4.79 Å². The minimum atomic E-state index is -0.696. The lowest BCUT2D eigenvalue weighted by Gasteiger charge is -2.44. The number of ether oxygens (including phenoxy) is 1. The highest BCUT2D eigenvalue weighted by Gasteiger charge is 2.36. The first-order chi connectivity index (χ1) is 14.5. The lowest BCUT2D eigenvalue weighted by Crippen LogP contribution is -2.57. The summed E-state index contributed by atoms with van der Waals surface area (Å²) in [5.74, 6) is 0.584. The Morgan fingerprint density at radius 1 is 1.13 bits per heavy atom. The van der Waals surface area contributed by atoms with Gasteiger partial charge in [0, 0.05) is 12.6 Å². The van der Waals surface area contributed by atoms with Crippen molar-refractivity contribution in [1.29, 1.82) is 0 Å². The molecule has 1 amide bonds. The zero-order chi connectivity index (χ0) is 20.7. The van der Waals surface area contributed by atoms with E-state index in [4.69, 9.17) is 4.74 Å². The van der Waals surface area contributed by atoms with Crippen molar-refractivity contribution >= 4 is 27.6 Å². The van der Waals surface area contributed by atoms with Crippen LogP contribution < -0.4 is 5.32 Å². The van der Waals surface area contributed by atoms with Gasteiger partial charge in [-0.05, 0) is 74.5 Å². The summed E-state index contributed by atoms with van der Waals surface area (Å²) in [6.07, 6.45) is 2.02. The number of fused-ring (bicyclic) bond motifs is 4. The Kier molecular flexibility index (Phi) is 4.99. The number of piperidine rings is 3. The molecule has 156 valence electrons. The molecule has 0 saturated carbocycles. The van der Waals surface area contributed by atoms with Crippen molar-refractivity contribution in [3.8, 4) is 11.1 Å². The maximum Gasteiger partial charge on any atom is 0.408 e. The monoisotopic (exact) mass is 421 g/mol. The van der Waals surface area contributed by atoms with Gasteiger partial charge in [0.15, 0.2) is 0 Å². The fraction of sp³-hybridized carbons (Fsp3) is 0.417. The number of carbonyl (C=O) groups excluding carboxylic acids is 1. The first kappa shape index (κ1) is 19.5. The highest BCUT2D eigenvalue weighted by atomic mass is 32.1. The van der Waals surface area contributed by atoms with Crippen LogP contribution in [0, 0.1) is 5.92 Å². The van der Waals surface area contributed by atoms with Gasteiger partial charge in [-0.2, -0.15) is 0 Å². The largest absolute Gasteiger partial charge is 0.439 e. The van der Waals surface area contributed by atoms with Gasteiger partial charge in [0.05, 0.1) is 15.7 Å². The molecule has 3 saturated heterocycles. The lowest BCUT2D eigenvalue weighted by atomic mass is 9.84. The van der Waals surface area contributed by atoms with Gasteiger partial charge in [-0.3, -0.25) is 0 Å². The first-order valence-corrected chi connectivity index (χ1v) is 11.5. The van der Waals surface area contributed by atoms with Crippen molar-refractivity contribution in [3.63, 3.8) is 0 Å². The van der Waals surface area contributed by atoms with Crippen LogP contribution in [0.5, 0.6) is 0 Å². The van der Waals surface area contributed by atoms with Gasteiger partial charge >= 0.3 is 6.09 Å². The normalized spacial score (nSPS) is 23.5. The average Bonchev–Trinajstić information content (AvgIpc) is 3.22. The summed E-state index contributed by atoms with van der Waals surface area (Å²) >= 11 is 1.65. The maximum absolute atomic E-state index is 12.6. The molecule has 3 aliphatic rings. The molecule has 3 aliphatic heterocycles. The number of carbonyl (C=O) groups is 1. The van der Waals surface area contributed by atoms with Crippen molar-refractivity contribution in [2.75, 3.05) is 19.6 Å². The SMILES string of the molecule is CC(C)(OC(=O)NC1CN2CCC1CC2)c1ccc(-c2ccc3ncsc3c2)cc1. The second-order valence-electron chi connectivity index (χ2n) is 8.90. The molecule has 0 spiro atoms. The molecule has 4 heterocycles. The molecule has 6 heteroatoms. The van der Waals surface area contributed by atoms with E-state index in [1.54, 1.807) is 11.3 Å². The van der Waals surface area contributed by atoms with Crippen LogP contribution in [0.3, 0.4) is 0 Å². The quantitative estimate of drug-likeness (QED) is 0.643. The Morgan fingerprint density at radius 2 is 1.87 bits per heavy atom. The van der Waals surface area contributed by atoms with Crippen molar-refractivity contribution in [3.05, 3.63) is 53.5 Å². The molecule has 6 rings (SSSR count). The predicted octanol–water partition coefficient (Wildman–Crippen LogP) is 5.02.